The Morgan fingerprint density at radius 1 is 1.29 bits per heavy atom. The van der Waals surface area contributed by atoms with E-state index in [0.29, 0.717) is 18.4 Å². The minimum atomic E-state index is -0.832. The molecule has 4 nitrogen and oxygen atoms in total. The molecule has 0 aromatic rings. The summed E-state index contributed by atoms with van der Waals surface area (Å²) in [5, 5.41) is 0. The fraction of sp³-hybridized carbons (Fsp3) is 0.750. The predicted molar refractivity (Wildman–Crippen MR) is 68.4 cm³/mol. The zero-order valence-corrected chi connectivity index (χ0v) is 11.9. The van der Waals surface area contributed by atoms with Crippen LogP contribution in [0.25, 0.3) is 0 Å². The maximum atomic E-state index is 11.6. The lowest BCUT2D eigenvalue weighted by molar-refractivity contribution is -0.160. The van der Waals surface area contributed by atoms with Crippen LogP contribution in [0.4, 0.5) is 0 Å². The predicted octanol–water partition coefficient (Wildman–Crippen LogP) is 3.40. The quantitative estimate of drug-likeness (QED) is 0.362. The largest absolute Gasteiger partial charge is 0.494 e. The third kappa shape index (κ3) is 5.94. The molecular weight excluding hydrogens is 239 g/mol. The highest BCUT2D eigenvalue weighted by molar-refractivity contribution is 7.17. The molecule has 0 N–H and O–H groups in total. The standard InChI is InChI=1S/C12H22O4P/c1-5-7-12(8-6-2,9-15-17-14)16-11(13)10(3)4/h17H,3,5-9H2,1-2,4H3/q+1. The Bertz CT molecular complexity index is 270. The van der Waals surface area contributed by atoms with Crippen LogP contribution >= 0.6 is 8.69 Å². The summed E-state index contributed by atoms with van der Waals surface area (Å²) < 4.78 is 20.9. The molecule has 0 saturated heterocycles. The first-order valence-electron chi connectivity index (χ1n) is 5.89. The van der Waals surface area contributed by atoms with E-state index in [4.69, 9.17) is 9.26 Å². The van der Waals surface area contributed by atoms with Crippen LogP contribution in [-0.4, -0.2) is 18.2 Å². The summed E-state index contributed by atoms with van der Waals surface area (Å²) in [5.74, 6) is -0.412. The normalized spacial score (nSPS) is 11.5. The van der Waals surface area contributed by atoms with E-state index in [9.17, 15) is 9.36 Å². The van der Waals surface area contributed by atoms with Crippen molar-refractivity contribution in [1.29, 1.82) is 0 Å². The molecule has 0 aromatic heterocycles. The van der Waals surface area contributed by atoms with Crippen LogP contribution in [-0.2, 0) is 18.6 Å². The Kier molecular flexibility index (Phi) is 8.01. The lowest BCUT2D eigenvalue weighted by Crippen LogP contribution is -2.39. The number of esters is 1. The van der Waals surface area contributed by atoms with Gasteiger partial charge in [0.15, 0.2) is 0 Å². The first-order valence-corrected chi connectivity index (χ1v) is 6.70. The lowest BCUT2D eigenvalue weighted by atomic mass is 9.93. The molecule has 1 atom stereocenters. The average molecular weight is 261 g/mol. The van der Waals surface area contributed by atoms with Gasteiger partial charge in [-0.05, 0) is 24.3 Å². The van der Waals surface area contributed by atoms with Gasteiger partial charge in [-0.3, -0.25) is 0 Å². The molecule has 17 heavy (non-hydrogen) atoms. The second-order valence-electron chi connectivity index (χ2n) is 4.22. The van der Waals surface area contributed by atoms with Crippen molar-refractivity contribution in [3.8, 4) is 0 Å². The monoisotopic (exact) mass is 261 g/mol. The summed E-state index contributed by atoms with van der Waals surface area (Å²) in [5.41, 5.74) is -0.303. The fourth-order valence-electron chi connectivity index (χ4n) is 1.76. The third-order valence-electron chi connectivity index (χ3n) is 2.46. The minimum Gasteiger partial charge on any atom is -0.453 e. The lowest BCUT2D eigenvalue weighted by Gasteiger charge is -2.31. The number of hydrogen-bond acceptors (Lipinski definition) is 4. The van der Waals surface area contributed by atoms with Gasteiger partial charge in [0.1, 0.15) is 12.2 Å². The van der Waals surface area contributed by atoms with E-state index in [1.807, 2.05) is 13.8 Å². The molecule has 1 unspecified atom stereocenters. The van der Waals surface area contributed by atoms with Gasteiger partial charge >= 0.3 is 14.7 Å². The Balaban J connectivity index is 4.79. The molecule has 0 aliphatic heterocycles. The maximum absolute atomic E-state index is 11.6. The van der Waals surface area contributed by atoms with Crippen molar-refractivity contribution in [1.82, 2.24) is 0 Å². The van der Waals surface area contributed by atoms with Crippen LogP contribution in [0.3, 0.4) is 0 Å². The van der Waals surface area contributed by atoms with Crippen molar-refractivity contribution in [2.75, 3.05) is 6.61 Å². The third-order valence-corrected chi connectivity index (χ3v) is 2.73. The number of carbonyl (C=O) groups is 1. The van der Waals surface area contributed by atoms with Gasteiger partial charge in [-0.15, -0.1) is 4.52 Å². The Hall–Kier alpha value is -0.730. The summed E-state index contributed by atoms with van der Waals surface area (Å²) in [6, 6.07) is 0. The van der Waals surface area contributed by atoms with Crippen LogP contribution in [0.1, 0.15) is 46.5 Å². The SMILES string of the molecule is C=C(C)C(=O)OC(CCC)(CCC)CO[PH+]=O. The van der Waals surface area contributed by atoms with E-state index in [1.54, 1.807) is 6.92 Å². The zero-order valence-electron chi connectivity index (χ0n) is 10.9. The van der Waals surface area contributed by atoms with Crippen LogP contribution < -0.4 is 0 Å². The molecule has 98 valence electrons. The molecule has 0 radical (unpaired) electrons. The van der Waals surface area contributed by atoms with Crippen molar-refractivity contribution in [3.05, 3.63) is 12.2 Å². The van der Waals surface area contributed by atoms with Crippen LogP contribution in [0, 0.1) is 0 Å². The van der Waals surface area contributed by atoms with E-state index < -0.39 is 20.3 Å². The fourth-order valence-corrected chi connectivity index (χ4v) is 2.08. The summed E-state index contributed by atoms with van der Waals surface area (Å²) in [6.07, 6.45) is 3.14. The molecule has 0 fully saturated rings. The van der Waals surface area contributed by atoms with Crippen molar-refractivity contribution in [2.24, 2.45) is 0 Å². The van der Waals surface area contributed by atoms with Crippen molar-refractivity contribution in [3.63, 3.8) is 0 Å². The van der Waals surface area contributed by atoms with Crippen LogP contribution in [0.5, 0.6) is 0 Å². The van der Waals surface area contributed by atoms with Crippen LogP contribution in [0.2, 0.25) is 0 Å². The molecule has 0 amide bonds. The summed E-state index contributed by atoms with van der Waals surface area (Å²) in [6.45, 7) is 9.38. The smallest absolute Gasteiger partial charge is 0.453 e. The van der Waals surface area contributed by atoms with E-state index in [2.05, 4.69) is 6.58 Å². The summed E-state index contributed by atoms with van der Waals surface area (Å²) in [4.78, 5) is 11.6. The second kappa shape index (κ2) is 8.37. The molecule has 0 aliphatic carbocycles. The Labute approximate surface area is 105 Å². The van der Waals surface area contributed by atoms with Crippen LogP contribution in [0.15, 0.2) is 12.2 Å². The summed E-state index contributed by atoms with van der Waals surface area (Å²) in [7, 11) is -0.832. The molecule has 0 saturated carbocycles. The first-order chi connectivity index (χ1) is 8.01. The molecule has 0 aliphatic rings. The number of ether oxygens (including phenoxy) is 1. The van der Waals surface area contributed by atoms with Gasteiger partial charge in [0.05, 0.1) is 0 Å². The minimum absolute atomic E-state index is 0.176. The molecule has 0 rings (SSSR count). The topological polar surface area (TPSA) is 52.6 Å². The van der Waals surface area contributed by atoms with Gasteiger partial charge in [-0.2, -0.15) is 0 Å². The van der Waals surface area contributed by atoms with Gasteiger partial charge in [-0.25, -0.2) is 4.79 Å². The van der Waals surface area contributed by atoms with Gasteiger partial charge in [0.2, 0.25) is 0 Å². The Morgan fingerprint density at radius 2 is 1.82 bits per heavy atom. The molecular formula is C12H22O4P+. The zero-order chi connectivity index (χ0) is 13.3. The Morgan fingerprint density at radius 3 is 2.18 bits per heavy atom. The first kappa shape index (κ1) is 16.3. The van der Waals surface area contributed by atoms with Gasteiger partial charge < -0.3 is 4.74 Å². The van der Waals surface area contributed by atoms with E-state index in [1.165, 1.54) is 0 Å². The highest BCUT2D eigenvalue weighted by Gasteiger charge is 2.34. The van der Waals surface area contributed by atoms with E-state index in [0.717, 1.165) is 12.8 Å². The highest BCUT2D eigenvalue weighted by Crippen LogP contribution is 2.27. The molecule has 0 spiro atoms. The van der Waals surface area contributed by atoms with E-state index >= 15 is 0 Å². The molecule has 0 heterocycles. The van der Waals surface area contributed by atoms with Gasteiger partial charge in [0.25, 0.3) is 0 Å². The average Bonchev–Trinajstić information content (AvgIpc) is 2.27. The van der Waals surface area contributed by atoms with Crippen molar-refractivity contribution >= 4 is 14.7 Å². The molecule has 0 bridgehead atoms. The molecule has 5 heteroatoms. The van der Waals surface area contributed by atoms with E-state index in [-0.39, 0.29) is 6.61 Å². The second-order valence-corrected chi connectivity index (χ2v) is 4.68. The van der Waals surface area contributed by atoms with Crippen molar-refractivity contribution < 1.29 is 18.6 Å². The number of rotatable bonds is 9. The maximum Gasteiger partial charge on any atom is 0.494 e. The van der Waals surface area contributed by atoms with Crippen molar-refractivity contribution in [2.45, 2.75) is 52.1 Å². The van der Waals surface area contributed by atoms with Gasteiger partial charge in [0, 0.05) is 5.57 Å². The highest BCUT2D eigenvalue weighted by atomic mass is 31.1. The van der Waals surface area contributed by atoms with Gasteiger partial charge in [-0.1, -0.05) is 33.3 Å². The summed E-state index contributed by atoms with van der Waals surface area (Å²) >= 11 is 0. The molecule has 0 aromatic carbocycles. The number of hydrogen-bond donors (Lipinski definition) is 0. The number of carbonyl (C=O) groups excluding carboxylic acids is 1.